The van der Waals surface area contributed by atoms with Gasteiger partial charge in [0, 0.05) is 12.3 Å². The molecule has 8 fully saturated rings. The number of aliphatic hydroxyl groups is 7. The summed E-state index contributed by atoms with van der Waals surface area (Å²) < 4.78 is 37.2. The quantitative estimate of drug-likeness (QED) is 0.199. The van der Waals surface area contributed by atoms with Gasteiger partial charge >= 0.3 is 0 Å². The molecule has 292 valence electrons. The molecule has 4 aliphatic heterocycles. The zero-order chi connectivity index (χ0) is 36.2. The Labute approximate surface area is 300 Å². The van der Waals surface area contributed by atoms with E-state index in [1.165, 1.54) is 0 Å². The summed E-state index contributed by atoms with van der Waals surface area (Å²) in [5.41, 5.74) is 0.0668. The first-order valence-electron chi connectivity index (χ1n) is 19.8. The third kappa shape index (κ3) is 5.90. The number of hydrogen-bond acceptors (Lipinski definition) is 13. The van der Waals surface area contributed by atoms with Crippen LogP contribution in [0.3, 0.4) is 0 Å². The van der Waals surface area contributed by atoms with E-state index in [1.54, 1.807) is 0 Å². The predicted octanol–water partition coefficient (Wildman–Crippen LogP) is 1.05. The Kier molecular flexibility index (Phi) is 9.97. The van der Waals surface area contributed by atoms with Crippen molar-refractivity contribution in [3.8, 4) is 0 Å². The topological polar surface area (TPSA) is 197 Å². The smallest absolute Gasteiger partial charge is 0.187 e. The van der Waals surface area contributed by atoms with Crippen LogP contribution in [0, 0.1) is 52.3 Å². The van der Waals surface area contributed by atoms with Crippen LogP contribution in [-0.2, 0) is 28.4 Å². The zero-order valence-electron chi connectivity index (χ0n) is 30.5. The van der Waals surface area contributed by atoms with Crippen molar-refractivity contribution in [2.24, 2.45) is 52.3 Å². The number of aliphatic hydroxyl groups excluding tert-OH is 7. The minimum Gasteiger partial charge on any atom is -0.394 e. The van der Waals surface area contributed by atoms with E-state index in [-0.39, 0.29) is 35.6 Å². The van der Waals surface area contributed by atoms with Crippen molar-refractivity contribution in [3.05, 3.63) is 0 Å². The van der Waals surface area contributed by atoms with Crippen molar-refractivity contribution in [1.82, 2.24) is 0 Å². The molecule has 22 atom stereocenters. The lowest BCUT2D eigenvalue weighted by Crippen LogP contribution is -2.64. The molecule has 4 saturated carbocycles. The molecule has 51 heavy (non-hydrogen) atoms. The van der Waals surface area contributed by atoms with Gasteiger partial charge in [-0.25, -0.2) is 0 Å². The van der Waals surface area contributed by atoms with Crippen LogP contribution in [0.4, 0.5) is 0 Å². The van der Waals surface area contributed by atoms with Gasteiger partial charge in [-0.05, 0) is 97.7 Å². The molecule has 7 N–H and O–H groups in total. The van der Waals surface area contributed by atoms with Gasteiger partial charge in [-0.1, -0.05) is 27.7 Å². The molecule has 0 aromatic rings. The van der Waals surface area contributed by atoms with E-state index in [9.17, 15) is 35.7 Å². The predicted molar refractivity (Wildman–Crippen MR) is 178 cm³/mol. The van der Waals surface area contributed by atoms with E-state index in [1.807, 2.05) is 0 Å². The largest absolute Gasteiger partial charge is 0.394 e. The molecule has 0 bridgehead atoms. The Morgan fingerprint density at radius 3 is 2.20 bits per heavy atom. The van der Waals surface area contributed by atoms with Crippen molar-refractivity contribution in [2.75, 3.05) is 19.8 Å². The van der Waals surface area contributed by atoms with Gasteiger partial charge in [0.2, 0.25) is 0 Å². The molecule has 8 rings (SSSR count). The lowest BCUT2D eigenvalue weighted by Gasteiger charge is -2.62. The van der Waals surface area contributed by atoms with E-state index >= 15 is 0 Å². The van der Waals surface area contributed by atoms with Gasteiger partial charge in [-0.3, -0.25) is 0 Å². The minimum absolute atomic E-state index is 0.00826. The summed E-state index contributed by atoms with van der Waals surface area (Å²) in [6.07, 6.45) is -5.04. The first-order chi connectivity index (χ1) is 24.2. The SMILES string of the molecule is CC1CC[C@@]2(OC1)O[C@H]1C[C@H]3[C@@H]4C[C@H](O)C5C[C@@H](O[C@@H]6O[C@H](CO)[C@@H](O)[C@H](O)[C@H]6O[C@@H]6OC[C@@H](O)[C@H](O)[C@H]6O)CC[C@]5(C)[C@H]4CC[C@]3(C)[C@H]1[C@@H]2C. The van der Waals surface area contributed by atoms with Crippen LogP contribution >= 0.6 is 0 Å². The molecule has 13 heteroatoms. The molecule has 2 unspecified atom stereocenters. The lowest BCUT2D eigenvalue weighted by atomic mass is 9.43. The molecule has 8 aliphatic rings. The second-order valence-electron chi connectivity index (χ2n) is 18.4. The van der Waals surface area contributed by atoms with Crippen molar-refractivity contribution >= 4 is 0 Å². The summed E-state index contributed by atoms with van der Waals surface area (Å²) in [5.74, 6) is 2.30. The second-order valence-corrected chi connectivity index (χ2v) is 18.4. The highest BCUT2D eigenvalue weighted by Gasteiger charge is 2.70. The molecule has 1 spiro atoms. The molecule has 4 aliphatic carbocycles. The van der Waals surface area contributed by atoms with Crippen LogP contribution in [0.2, 0.25) is 0 Å². The zero-order valence-corrected chi connectivity index (χ0v) is 30.5. The molecule has 0 aromatic heterocycles. The molecule has 0 amide bonds. The molecule has 4 heterocycles. The third-order valence-electron chi connectivity index (χ3n) is 15.8. The van der Waals surface area contributed by atoms with Crippen molar-refractivity contribution in [3.63, 3.8) is 0 Å². The van der Waals surface area contributed by atoms with Gasteiger partial charge in [0.05, 0.1) is 38.1 Å². The van der Waals surface area contributed by atoms with Crippen LogP contribution < -0.4 is 0 Å². The van der Waals surface area contributed by atoms with Crippen LogP contribution in [0.15, 0.2) is 0 Å². The summed E-state index contributed by atoms with van der Waals surface area (Å²) in [6.45, 7) is 9.39. The summed E-state index contributed by atoms with van der Waals surface area (Å²) in [7, 11) is 0. The van der Waals surface area contributed by atoms with Crippen LogP contribution in [-0.4, -0.2) is 135 Å². The van der Waals surface area contributed by atoms with Crippen molar-refractivity contribution in [2.45, 2.75) is 165 Å². The van der Waals surface area contributed by atoms with E-state index in [2.05, 4.69) is 27.7 Å². The first kappa shape index (κ1) is 37.4. The Hall–Kier alpha value is -0.520. The third-order valence-corrected chi connectivity index (χ3v) is 15.8. The minimum atomic E-state index is -1.62. The fourth-order valence-corrected chi connectivity index (χ4v) is 13.0. The highest BCUT2D eigenvalue weighted by molar-refractivity contribution is 5.16. The van der Waals surface area contributed by atoms with Gasteiger partial charge in [0.1, 0.15) is 42.7 Å². The fourth-order valence-electron chi connectivity index (χ4n) is 13.0. The van der Waals surface area contributed by atoms with Gasteiger partial charge in [-0.15, -0.1) is 0 Å². The molecule has 4 saturated heterocycles. The first-order valence-corrected chi connectivity index (χ1v) is 19.8. The molecular formula is C38H62O13. The maximum Gasteiger partial charge on any atom is 0.187 e. The van der Waals surface area contributed by atoms with Crippen LogP contribution in [0.5, 0.6) is 0 Å². The average molecular weight is 727 g/mol. The second kappa shape index (κ2) is 13.6. The number of hydrogen-bond donors (Lipinski definition) is 7. The number of fused-ring (bicyclic) bond motifs is 7. The van der Waals surface area contributed by atoms with E-state index < -0.39 is 73.8 Å². The standard InChI is InChI=1S/C38H62O13/c1-17-5-10-38(47-15-17)18(2)28-26(51-38)13-22-20-12-24(40)23-11-19(6-8-36(23,3)21(20)7-9-37(22,28)4)48-35-33(31(44)30(43)27(14-39)49-35)50-34-32(45)29(42)25(41)16-46-34/h17-35,39-45H,5-16H2,1-4H3/t17?,18-,19-,20+,21-,22-,23?,24-,25+,26-,27+,28-,29-,30+,31-,32+,33+,34-,35+,36+,37-,38+/m0/s1. The Morgan fingerprint density at radius 1 is 0.706 bits per heavy atom. The maximum absolute atomic E-state index is 12.0. The van der Waals surface area contributed by atoms with Crippen molar-refractivity contribution < 1.29 is 64.2 Å². The highest BCUT2D eigenvalue weighted by Crippen LogP contribution is 2.71. The summed E-state index contributed by atoms with van der Waals surface area (Å²) in [4.78, 5) is 0. The summed E-state index contributed by atoms with van der Waals surface area (Å²) in [5, 5.41) is 74.2. The number of rotatable bonds is 5. The summed E-state index contributed by atoms with van der Waals surface area (Å²) >= 11 is 0. The normalized spacial score (nSPS) is 59.9. The fraction of sp³-hybridized carbons (Fsp3) is 1.00. The Morgan fingerprint density at radius 2 is 1.47 bits per heavy atom. The van der Waals surface area contributed by atoms with Gasteiger partial charge in [0.25, 0.3) is 0 Å². The van der Waals surface area contributed by atoms with E-state index in [4.69, 9.17) is 28.4 Å². The van der Waals surface area contributed by atoms with Gasteiger partial charge in [0.15, 0.2) is 18.4 Å². The van der Waals surface area contributed by atoms with E-state index in [0.717, 1.165) is 51.6 Å². The summed E-state index contributed by atoms with van der Waals surface area (Å²) in [6, 6.07) is 0. The number of ether oxygens (including phenoxy) is 6. The Bertz CT molecular complexity index is 1250. The average Bonchev–Trinajstić information content (AvgIpc) is 3.55. The monoisotopic (exact) mass is 726 g/mol. The van der Waals surface area contributed by atoms with Crippen molar-refractivity contribution in [1.29, 1.82) is 0 Å². The molecular weight excluding hydrogens is 664 g/mol. The molecule has 0 aromatic carbocycles. The Balaban J connectivity index is 0.959. The lowest BCUT2D eigenvalue weighted by molar-refractivity contribution is -0.364. The van der Waals surface area contributed by atoms with Gasteiger partial charge in [-0.2, -0.15) is 0 Å². The molecule has 13 nitrogen and oxygen atoms in total. The highest BCUT2D eigenvalue weighted by atomic mass is 16.8. The van der Waals surface area contributed by atoms with Crippen LogP contribution in [0.1, 0.15) is 85.5 Å². The van der Waals surface area contributed by atoms with E-state index in [0.29, 0.717) is 48.3 Å². The molecule has 0 radical (unpaired) electrons. The maximum atomic E-state index is 12.0. The van der Waals surface area contributed by atoms with Crippen LogP contribution in [0.25, 0.3) is 0 Å². The van der Waals surface area contributed by atoms with Gasteiger partial charge < -0.3 is 64.2 Å².